The molecule has 1 aromatic carbocycles. The van der Waals surface area contributed by atoms with E-state index < -0.39 is 0 Å². The van der Waals surface area contributed by atoms with E-state index in [2.05, 4.69) is 58.3 Å². The minimum atomic E-state index is 0. The van der Waals surface area contributed by atoms with Gasteiger partial charge in [-0.3, -0.25) is 0 Å². The number of furan rings is 1. The molecule has 0 spiro atoms. The van der Waals surface area contributed by atoms with Crippen LogP contribution in [0.5, 0.6) is 0 Å². The molecule has 0 unspecified atom stereocenters. The van der Waals surface area contributed by atoms with Gasteiger partial charge in [-0.1, -0.05) is 25.1 Å². The predicted molar refractivity (Wildman–Crippen MR) is 147 cm³/mol. The SMILES string of the molecule is CCNC(=NCc1ccnc(N2CCN(CC)CC2)c1)NCc1oc2ccccc2c1C.I. The van der Waals surface area contributed by atoms with Crippen LogP contribution < -0.4 is 15.5 Å². The van der Waals surface area contributed by atoms with E-state index in [1.54, 1.807) is 0 Å². The number of aromatic nitrogens is 1. The molecule has 8 heteroatoms. The van der Waals surface area contributed by atoms with Crippen molar-refractivity contribution in [2.45, 2.75) is 33.9 Å². The highest BCUT2D eigenvalue weighted by molar-refractivity contribution is 14.0. The van der Waals surface area contributed by atoms with Crippen LogP contribution in [-0.4, -0.2) is 55.1 Å². The normalized spacial score (nSPS) is 14.9. The molecule has 0 amide bonds. The first kappa shape index (κ1) is 25.3. The molecular formula is C25H35IN6O. The molecule has 1 aliphatic heterocycles. The second kappa shape index (κ2) is 12.2. The molecule has 0 saturated carbocycles. The number of aliphatic imine (C=N–C) groups is 1. The number of likely N-dealkylation sites (N-methyl/N-ethyl adjacent to an activating group) is 1. The second-order valence-corrected chi connectivity index (χ2v) is 8.14. The van der Waals surface area contributed by atoms with Crippen molar-refractivity contribution in [3.63, 3.8) is 0 Å². The molecule has 2 aromatic heterocycles. The fraction of sp³-hybridized carbons (Fsp3) is 0.440. The van der Waals surface area contributed by atoms with E-state index in [0.717, 1.165) is 73.3 Å². The third-order valence-corrected chi connectivity index (χ3v) is 6.08. The highest BCUT2D eigenvalue weighted by Gasteiger charge is 2.17. The number of hydrogen-bond donors (Lipinski definition) is 2. The maximum absolute atomic E-state index is 6.03. The lowest BCUT2D eigenvalue weighted by atomic mass is 10.1. The van der Waals surface area contributed by atoms with Gasteiger partial charge in [-0.05, 0) is 44.2 Å². The van der Waals surface area contributed by atoms with Gasteiger partial charge >= 0.3 is 0 Å². The number of pyridine rings is 1. The molecule has 1 saturated heterocycles. The number of benzene rings is 1. The number of guanidine groups is 1. The van der Waals surface area contributed by atoms with Crippen LogP contribution in [0.3, 0.4) is 0 Å². The Kier molecular flexibility index (Phi) is 9.37. The summed E-state index contributed by atoms with van der Waals surface area (Å²) in [6.07, 6.45) is 1.89. The number of nitrogens with zero attached hydrogens (tertiary/aromatic N) is 4. The zero-order valence-electron chi connectivity index (χ0n) is 19.8. The van der Waals surface area contributed by atoms with Crippen molar-refractivity contribution in [3.05, 3.63) is 59.5 Å². The van der Waals surface area contributed by atoms with E-state index in [4.69, 9.17) is 9.41 Å². The molecule has 1 fully saturated rings. The maximum Gasteiger partial charge on any atom is 0.191 e. The second-order valence-electron chi connectivity index (χ2n) is 8.14. The first-order chi connectivity index (χ1) is 15.7. The predicted octanol–water partition coefficient (Wildman–Crippen LogP) is 4.15. The number of nitrogens with one attached hydrogen (secondary N) is 2. The van der Waals surface area contributed by atoms with Gasteiger partial charge in [0, 0.05) is 49.9 Å². The number of rotatable bonds is 7. The van der Waals surface area contributed by atoms with Crippen molar-refractivity contribution in [1.29, 1.82) is 0 Å². The summed E-state index contributed by atoms with van der Waals surface area (Å²) in [7, 11) is 0. The van der Waals surface area contributed by atoms with Crippen LogP contribution in [0, 0.1) is 6.92 Å². The number of aryl methyl sites for hydroxylation is 1. The molecule has 0 aliphatic carbocycles. The van der Waals surface area contributed by atoms with Crippen molar-refractivity contribution in [2.24, 2.45) is 4.99 Å². The van der Waals surface area contributed by atoms with Crippen LogP contribution in [0.25, 0.3) is 11.0 Å². The summed E-state index contributed by atoms with van der Waals surface area (Å²) < 4.78 is 6.03. The van der Waals surface area contributed by atoms with Crippen LogP contribution in [-0.2, 0) is 13.1 Å². The molecule has 178 valence electrons. The summed E-state index contributed by atoms with van der Waals surface area (Å²) >= 11 is 0. The lowest BCUT2D eigenvalue weighted by Crippen LogP contribution is -2.46. The molecule has 3 aromatic rings. The molecule has 33 heavy (non-hydrogen) atoms. The Morgan fingerprint density at radius 1 is 1.09 bits per heavy atom. The van der Waals surface area contributed by atoms with Gasteiger partial charge in [0.25, 0.3) is 0 Å². The third-order valence-electron chi connectivity index (χ3n) is 6.08. The lowest BCUT2D eigenvalue weighted by molar-refractivity contribution is 0.270. The van der Waals surface area contributed by atoms with E-state index in [0.29, 0.717) is 13.1 Å². The average molecular weight is 563 g/mol. The first-order valence-corrected chi connectivity index (χ1v) is 11.6. The number of anilines is 1. The first-order valence-electron chi connectivity index (χ1n) is 11.6. The van der Waals surface area contributed by atoms with Gasteiger partial charge in [0.05, 0.1) is 13.1 Å². The van der Waals surface area contributed by atoms with E-state index in [1.807, 2.05) is 30.5 Å². The minimum absolute atomic E-state index is 0. The zero-order chi connectivity index (χ0) is 22.3. The molecule has 0 bridgehead atoms. The highest BCUT2D eigenvalue weighted by Crippen LogP contribution is 2.24. The molecule has 0 radical (unpaired) electrons. The molecule has 3 heterocycles. The van der Waals surface area contributed by atoms with Crippen molar-refractivity contribution < 1.29 is 4.42 Å². The smallest absolute Gasteiger partial charge is 0.191 e. The molecule has 1 aliphatic rings. The fourth-order valence-corrected chi connectivity index (χ4v) is 4.09. The molecule has 7 nitrogen and oxygen atoms in total. The summed E-state index contributed by atoms with van der Waals surface area (Å²) in [4.78, 5) is 14.2. The van der Waals surface area contributed by atoms with Gasteiger partial charge in [-0.2, -0.15) is 0 Å². The van der Waals surface area contributed by atoms with Gasteiger partial charge in [0.2, 0.25) is 0 Å². The quantitative estimate of drug-likeness (QED) is 0.256. The summed E-state index contributed by atoms with van der Waals surface area (Å²) in [6, 6.07) is 12.4. The third kappa shape index (κ3) is 6.38. The van der Waals surface area contributed by atoms with Crippen LogP contribution in [0.15, 0.2) is 52.0 Å². The van der Waals surface area contributed by atoms with Gasteiger partial charge in [0.15, 0.2) is 5.96 Å². The fourth-order valence-electron chi connectivity index (χ4n) is 4.09. The lowest BCUT2D eigenvalue weighted by Gasteiger charge is -2.34. The van der Waals surface area contributed by atoms with Crippen molar-refractivity contribution in [1.82, 2.24) is 20.5 Å². The average Bonchev–Trinajstić information content (AvgIpc) is 3.16. The van der Waals surface area contributed by atoms with Gasteiger partial charge < -0.3 is 24.9 Å². The van der Waals surface area contributed by atoms with Crippen molar-refractivity contribution in [2.75, 3.05) is 44.2 Å². The molecule has 4 rings (SSSR count). The molecular weight excluding hydrogens is 527 g/mol. The number of fused-ring (bicyclic) bond motifs is 1. The van der Waals surface area contributed by atoms with E-state index >= 15 is 0 Å². The summed E-state index contributed by atoms with van der Waals surface area (Å²) in [5, 5.41) is 7.91. The Balaban J connectivity index is 0.00000306. The monoisotopic (exact) mass is 562 g/mol. The van der Waals surface area contributed by atoms with Gasteiger partial charge in [-0.25, -0.2) is 9.98 Å². The van der Waals surface area contributed by atoms with Crippen molar-refractivity contribution >= 4 is 46.7 Å². The Morgan fingerprint density at radius 3 is 2.61 bits per heavy atom. The van der Waals surface area contributed by atoms with Gasteiger partial charge in [-0.15, -0.1) is 24.0 Å². The molecule has 0 atom stereocenters. The summed E-state index contributed by atoms with van der Waals surface area (Å²) in [5.41, 5.74) is 3.25. The number of hydrogen-bond acceptors (Lipinski definition) is 5. The Hall–Kier alpha value is -2.33. The van der Waals surface area contributed by atoms with E-state index in [9.17, 15) is 0 Å². The number of para-hydroxylation sites is 1. The van der Waals surface area contributed by atoms with Crippen molar-refractivity contribution in [3.8, 4) is 0 Å². The van der Waals surface area contributed by atoms with Crippen LogP contribution in [0.4, 0.5) is 5.82 Å². The Labute approximate surface area is 213 Å². The summed E-state index contributed by atoms with van der Waals surface area (Å²) in [5.74, 6) is 2.76. The Morgan fingerprint density at radius 2 is 1.88 bits per heavy atom. The van der Waals surface area contributed by atoms with Crippen LogP contribution >= 0.6 is 24.0 Å². The summed E-state index contributed by atoms with van der Waals surface area (Å²) in [6.45, 7) is 13.7. The van der Waals surface area contributed by atoms with Gasteiger partial charge in [0.1, 0.15) is 17.2 Å². The number of halogens is 1. The minimum Gasteiger partial charge on any atom is -0.459 e. The van der Waals surface area contributed by atoms with E-state index in [-0.39, 0.29) is 24.0 Å². The maximum atomic E-state index is 6.03. The van der Waals surface area contributed by atoms with Crippen LogP contribution in [0.1, 0.15) is 30.7 Å². The highest BCUT2D eigenvalue weighted by atomic mass is 127. The topological polar surface area (TPSA) is 68.9 Å². The molecule has 2 N–H and O–H groups in total. The standard InChI is InChI=1S/C25H34N6O.HI/c1-4-26-25(29-18-23-19(3)21-8-6-7-9-22(21)32-23)28-17-20-10-11-27-24(16-20)31-14-12-30(5-2)13-15-31;/h6-11,16H,4-5,12-15,17-18H2,1-3H3,(H2,26,28,29);1H. The number of piperazine rings is 1. The van der Waals surface area contributed by atoms with Crippen LogP contribution in [0.2, 0.25) is 0 Å². The Bertz CT molecular complexity index is 1060. The largest absolute Gasteiger partial charge is 0.459 e. The zero-order valence-corrected chi connectivity index (χ0v) is 22.1. The van der Waals surface area contributed by atoms with E-state index in [1.165, 1.54) is 5.56 Å².